The number of morpholine rings is 2. The number of rotatable bonds is 8. The number of nitrogens with zero attached hydrogens (tertiary/aromatic N) is 3. The number of fused-ring (bicyclic) bond motifs is 1. The Bertz CT molecular complexity index is 1460. The zero-order valence-electron chi connectivity index (χ0n) is 25.3. The number of hydrogen-bond donors (Lipinski definition) is 2. The third kappa shape index (κ3) is 7.30. The van der Waals surface area contributed by atoms with Crippen LogP contribution < -0.4 is 20.4 Å². The molecule has 3 heterocycles. The van der Waals surface area contributed by atoms with Crippen molar-refractivity contribution in [1.82, 2.24) is 4.90 Å². The first-order chi connectivity index (χ1) is 21.5. The van der Waals surface area contributed by atoms with Gasteiger partial charge in [0.15, 0.2) is 0 Å². The van der Waals surface area contributed by atoms with Crippen LogP contribution in [0.1, 0.15) is 35.7 Å². The maximum atomic E-state index is 13.1. The van der Waals surface area contributed by atoms with Crippen LogP contribution in [0, 0.1) is 0 Å². The molecular formula is C35H41N5O4. The second-order valence-corrected chi connectivity index (χ2v) is 11.5. The highest BCUT2D eigenvalue weighted by atomic mass is 16.5. The largest absolute Gasteiger partial charge is 0.379 e. The Labute approximate surface area is 259 Å². The molecule has 1 unspecified atom stereocenters. The second kappa shape index (κ2) is 14.1. The van der Waals surface area contributed by atoms with E-state index in [-0.39, 0.29) is 17.9 Å². The summed E-state index contributed by atoms with van der Waals surface area (Å²) in [4.78, 5) is 32.5. The fourth-order valence-electron chi connectivity index (χ4n) is 5.98. The standard InChI is InChI=1S/C35H41N5O4/c1-26-3-2-4-28-25-30(37-35(42)27-5-10-31(11-6-27)39-19-23-44-24-20-39)9-14-33(28)40(26)32-12-7-29(8-13-32)36-34(41)15-16-38-17-21-43-22-18-38/h2,4-14,25-26H,3,15-24H2,1H3,(H,36,41)(H,37,42). The average molecular weight is 596 g/mol. The first kappa shape index (κ1) is 29.9. The number of benzene rings is 3. The predicted octanol–water partition coefficient (Wildman–Crippen LogP) is 5.38. The van der Waals surface area contributed by atoms with Crippen molar-refractivity contribution >= 4 is 46.3 Å². The van der Waals surface area contributed by atoms with E-state index in [9.17, 15) is 9.59 Å². The van der Waals surface area contributed by atoms with Crippen molar-refractivity contribution in [3.8, 4) is 0 Å². The van der Waals surface area contributed by atoms with Gasteiger partial charge in [-0.15, -0.1) is 0 Å². The highest BCUT2D eigenvalue weighted by Gasteiger charge is 2.22. The third-order valence-electron chi connectivity index (χ3n) is 8.45. The van der Waals surface area contributed by atoms with Gasteiger partial charge >= 0.3 is 0 Å². The number of carbonyl (C=O) groups is 2. The fraction of sp³-hybridized carbons (Fsp3) is 0.371. The van der Waals surface area contributed by atoms with Gasteiger partial charge < -0.3 is 29.9 Å². The minimum absolute atomic E-state index is 0.0181. The molecule has 2 N–H and O–H groups in total. The van der Waals surface area contributed by atoms with Gasteiger partial charge in [0.05, 0.1) is 26.4 Å². The molecule has 3 aliphatic heterocycles. The van der Waals surface area contributed by atoms with Crippen molar-refractivity contribution in [1.29, 1.82) is 0 Å². The van der Waals surface area contributed by atoms with E-state index >= 15 is 0 Å². The van der Waals surface area contributed by atoms with Gasteiger partial charge in [-0.05, 0) is 85.6 Å². The van der Waals surface area contributed by atoms with Gasteiger partial charge in [0.25, 0.3) is 5.91 Å². The lowest BCUT2D eigenvalue weighted by atomic mass is 10.1. The van der Waals surface area contributed by atoms with Crippen molar-refractivity contribution in [3.05, 3.63) is 83.9 Å². The number of amides is 2. The van der Waals surface area contributed by atoms with Crippen LogP contribution in [0.15, 0.2) is 72.8 Å². The van der Waals surface area contributed by atoms with Crippen molar-refractivity contribution in [2.45, 2.75) is 25.8 Å². The van der Waals surface area contributed by atoms with Crippen LogP contribution in [0.25, 0.3) is 6.08 Å². The second-order valence-electron chi connectivity index (χ2n) is 11.5. The van der Waals surface area contributed by atoms with Crippen LogP contribution in [0.3, 0.4) is 0 Å². The van der Waals surface area contributed by atoms with Crippen LogP contribution in [0.5, 0.6) is 0 Å². The molecule has 9 heteroatoms. The summed E-state index contributed by atoms with van der Waals surface area (Å²) in [7, 11) is 0. The van der Waals surface area contributed by atoms with Crippen LogP contribution in [0.4, 0.5) is 28.4 Å². The van der Waals surface area contributed by atoms with E-state index < -0.39 is 0 Å². The van der Waals surface area contributed by atoms with E-state index in [0.29, 0.717) is 12.0 Å². The Kier molecular flexibility index (Phi) is 9.55. The van der Waals surface area contributed by atoms with Gasteiger partial charge in [0, 0.05) is 79.2 Å². The maximum absolute atomic E-state index is 13.1. The zero-order chi connectivity index (χ0) is 30.3. The van der Waals surface area contributed by atoms with Gasteiger partial charge in [0.2, 0.25) is 5.91 Å². The summed E-state index contributed by atoms with van der Waals surface area (Å²) in [5.74, 6) is -0.117. The van der Waals surface area contributed by atoms with Crippen LogP contribution >= 0.6 is 0 Å². The molecule has 9 nitrogen and oxygen atoms in total. The molecule has 0 bridgehead atoms. The molecule has 3 aliphatic rings. The van der Waals surface area contributed by atoms with Crippen LogP contribution in [0.2, 0.25) is 0 Å². The monoisotopic (exact) mass is 595 g/mol. The molecule has 0 saturated carbocycles. The van der Waals surface area contributed by atoms with Gasteiger partial charge in [-0.1, -0.05) is 12.2 Å². The van der Waals surface area contributed by atoms with E-state index in [1.807, 2.05) is 48.5 Å². The number of nitrogens with one attached hydrogen (secondary N) is 2. The summed E-state index contributed by atoms with van der Waals surface area (Å²) >= 11 is 0. The van der Waals surface area contributed by atoms with Crippen molar-refractivity contribution in [3.63, 3.8) is 0 Å². The van der Waals surface area contributed by atoms with Gasteiger partial charge in [-0.25, -0.2) is 0 Å². The number of ether oxygens (including phenoxy) is 2. The van der Waals surface area contributed by atoms with Crippen molar-refractivity contribution in [2.75, 3.05) is 79.6 Å². The minimum atomic E-state index is -0.135. The van der Waals surface area contributed by atoms with E-state index in [2.05, 4.69) is 62.6 Å². The molecule has 44 heavy (non-hydrogen) atoms. The Hall–Kier alpha value is -4.18. The first-order valence-electron chi connectivity index (χ1n) is 15.6. The fourth-order valence-corrected chi connectivity index (χ4v) is 5.98. The molecular weight excluding hydrogens is 554 g/mol. The molecule has 230 valence electrons. The normalized spacial score (nSPS) is 18.8. The lowest BCUT2D eigenvalue weighted by Gasteiger charge is -2.31. The van der Waals surface area contributed by atoms with Crippen molar-refractivity contribution < 1.29 is 19.1 Å². The molecule has 1 atom stereocenters. The highest BCUT2D eigenvalue weighted by Crippen LogP contribution is 2.37. The van der Waals surface area contributed by atoms with E-state index in [1.165, 1.54) is 0 Å². The lowest BCUT2D eigenvalue weighted by Crippen LogP contribution is -2.38. The molecule has 0 radical (unpaired) electrons. The zero-order valence-corrected chi connectivity index (χ0v) is 25.3. The Morgan fingerprint density at radius 3 is 2.18 bits per heavy atom. The Balaban J connectivity index is 1.10. The predicted molar refractivity (Wildman–Crippen MR) is 176 cm³/mol. The summed E-state index contributed by atoms with van der Waals surface area (Å²) in [6, 6.07) is 22.1. The lowest BCUT2D eigenvalue weighted by molar-refractivity contribution is -0.116. The molecule has 0 aromatic heterocycles. The maximum Gasteiger partial charge on any atom is 0.255 e. The quantitative estimate of drug-likeness (QED) is 0.362. The first-order valence-corrected chi connectivity index (χ1v) is 15.6. The molecule has 2 amide bonds. The Morgan fingerprint density at radius 1 is 0.795 bits per heavy atom. The SMILES string of the molecule is CC1CC=Cc2cc(NC(=O)c3ccc(N4CCOCC4)cc3)ccc2N1c1ccc(NC(=O)CCN2CCOCC2)cc1. The summed E-state index contributed by atoms with van der Waals surface area (Å²) in [6.45, 7) is 9.35. The molecule has 2 fully saturated rings. The molecule has 3 aromatic carbocycles. The van der Waals surface area contributed by atoms with Gasteiger partial charge in [-0.3, -0.25) is 14.5 Å². The molecule has 6 rings (SSSR count). The minimum Gasteiger partial charge on any atom is -0.379 e. The summed E-state index contributed by atoms with van der Waals surface area (Å²) in [5.41, 5.74) is 6.42. The van der Waals surface area contributed by atoms with E-state index in [4.69, 9.17) is 9.47 Å². The van der Waals surface area contributed by atoms with Crippen LogP contribution in [-0.2, 0) is 14.3 Å². The average Bonchev–Trinajstić information content (AvgIpc) is 3.23. The molecule has 3 aromatic rings. The summed E-state index contributed by atoms with van der Waals surface area (Å²) in [6.07, 6.45) is 5.65. The number of carbonyl (C=O) groups excluding carboxylic acids is 2. The topological polar surface area (TPSA) is 86.4 Å². The van der Waals surface area contributed by atoms with Crippen LogP contribution in [-0.4, -0.2) is 81.9 Å². The smallest absolute Gasteiger partial charge is 0.255 e. The molecule has 0 aliphatic carbocycles. The molecule has 2 saturated heterocycles. The summed E-state index contributed by atoms with van der Waals surface area (Å²) in [5, 5.41) is 6.11. The summed E-state index contributed by atoms with van der Waals surface area (Å²) < 4.78 is 10.8. The van der Waals surface area contributed by atoms with E-state index in [0.717, 1.165) is 99.6 Å². The van der Waals surface area contributed by atoms with Crippen molar-refractivity contribution in [2.24, 2.45) is 0 Å². The highest BCUT2D eigenvalue weighted by molar-refractivity contribution is 6.04. The Morgan fingerprint density at radius 2 is 1.45 bits per heavy atom. The van der Waals surface area contributed by atoms with Gasteiger partial charge in [0.1, 0.15) is 0 Å². The van der Waals surface area contributed by atoms with E-state index in [1.54, 1.807) is 0 Å². The number of hydrogen-bond acceptors (Lipinski definition) is 7. The number of anilines is 5. The third-order valence-corrected chi connectivity index (χ3v) is 8.45. The van der Waals surface area contributed by atoms with Gasteiger partial charge in [-0.2, -0.15) is 0 Å². The molecule has 0 spiro atoms.